The maximum absolute atomic E-state index is 9.89. The van der Waals surface area contributed by atoms with E-state index in [2.05, 4.69) is 27.7 Å². The van der Waals surface area contributed by atoms with Crippen LogP contribution in [0.1, 0.15) is 65.4 Å². The van der Waals surface area contributed by atoms with Gasteiger partial charge in [0.2, 0.25) is 0 Å². The van der Waals surface area contributed by atoms with E-state index in [4.69, 9.17) is 4.74 Å². The molecule has 0 amide bonds. The number of fused-ring (bicyclic) bond motifs is 1. The average molecular weight is 314 g/mol. The second-order valence-electron chi connectivity index (χ2n) is 9.25. The lowest BCUT2D eigenvalue weighted by atomic mass is 9.44. The molecule has 1 aromatic carbocycles. The van der Waals surface area contributed by atoms with Gasteiger partial charge in [0, 0.05) is 11.3 Å². The SMILES string of the molecule is C[C@H]1CCC2C(C)(C)CCC[C@]23Oc2ccc(O)cc2C[C@]13C. The molecule has 1 unspecified atom stereocenters. The summed E-state index contributed by atoms with van der Waals surface area (Å²) < 4.78 is 6.88. The summed E-state index contributed by atoms with van der Waals surface area (Å²) in [6.45, 7) is 9.77. The van der Waals surface area contributed by atoms with Gasteiger partial charge in [0.05, 0.1) is 0 Å². The van der Waals surface area contributed by atoms with Gasteiger partial charge in [0.25, 0.3) is 0 Å². The highest BCUT2D eigenvalue weighted by Gasteiger charge is 2.65. The van der Waals surface area contributed by atoms with Crippen LogP contribution in [0.3, 0.4) is 0 Å². The van der Waals surface area contributed by atoms with E-state index in [9.17, 15) is 5.11 Å². The summed E-state index contributed by atoms with van der Waals surface area (Å²) in [5.41, 5.74) is 1.67. The molecule has 4 atom stereocenters. The molecule has 1 aliphatic heterocycles. The zero-order valence-electron chi connectivity index (χ0n) is 15.0. The highest BCUT2D eigenvalue weighted by atomic mass is 16.5. The predicted octanol–water partition coefficient (Wildman–Crippen LogP) is 5.33. The quantitative estimate of drug-likeness (QED) is 0.701. The van der Waals surface area contributed by atoms with Crippen molar-refractivity contribution in [3.05, 3.63) is 23.8 Å². The fourth-order valence-corrected chi connectivity index (χ4v) is 6.20. The van der Waals surface area contributed by atoms with E-state index in [1.807, 2.05) is 12.1 Å². The Morgan fingerprint density at radius 3 is 2.70 bits per heavy atom. The van der Waals surface area contributed by atoms with Gasteiger partial charge in [-0.2, -0.15) is 0 Å². The molecule has 2 fully saturated rings. The number of hydrogen-bond acceptors (Lipinski definition) is 2. The third kappa shape index (κ3) is 1.93. The summed E-state index contributed by atoms with van der Waals surface area (Å²) in [5.74, 6) is 2.66. The van der Waals surface area contributed by atoms with Crippen LogP contribution in [-0.2, 0) is 6.42 Å². The van der Waals surface area contributed by atoms with Gasteiger partial charge in [-0.05, 0) is 73.6 Å². The Hall–Kier alpha value is -1.18. The first-order valence-electron chi connectivity index (χ1n) is 9.29. The van der Waals surface area contributed by atoms with E-state index in [0.29, 0.717) is 23.0 Å². The summed E-state index contributed by atoms with van der Waals surface area (Å²) in [6, 6.07) is 5.67. The van der Waals surface area contributed by atoms with E-state index < -0.39 is 0 Å². The lowest BCUT2D eigenvalue weighted by Crippen LogP contribution is -2.68. The summed E-state index contributed by atoms with van der Waals surface area (Å²) in [6.07, 6.45) is 7.38. The van der Waals surface area contributed by atoms with Crippen LogP contribution in [0.15, 0.2) is 18.2 Å². The first kappa shape index (κ1) is 15.4. The Bertz CT molecular complexity index is 635. The van der Waals surface area contributed by atoms with Gasteiger partial charge in [-0.25, -0.2) is 0 Å². The van der Waals surface area contributed by atoms with Crippen LogP contribution >= 0.6 is 0 Å². The van der Waals surface area contributed by atoms with Crippen LogP contribution in [0.5, 0.6) is 11.5 Å². The summed E-state index contributed by atoms with van der Waals surface area (Å²) in [5, 5.41) is 9.89. The Balaban J connectivity index is 1.88. The van der Waals surface area contributed by atoms with Crippen molar-refractivity contribution in [2.75, 3.05) is 0 Å². The Morgan fingerprint density at radius 1 is 1.13 bits per heavy atom. The lowest BCUT2D eigenvalue weighted by Gasteiger charge is -2.66. The van der Waals surface area contributed by atoms with E-state index in [-0.39, 0.29) is 11.0 Å². The average Bonchev–Trinajstić information content (AvgIpc) is 2.46. The first-order chi connectivity index (χ1) is 10.8. The smallest absolute Gasteiger partial charge is 0.123 e. The summed E-state index contributed by atoms with van der Waals surface area (Å²) >= 11 is 0. The zero-order valence-corrected chi connectivity index (χ0v) is 15.0. The third-order valence-electron chi connectivity index (χ3n) is 7.71. The molecule has 1 spiro atoms. The van der Waals surface area contributed by atoms with Crippen molar-refractivity contribution < 1.29 is 9.84 Å². The third-order valence-corrected chi connectivity index (χ3v) is 7.71. The van der Waals surface area contributed by atoms with Crippen molar-refractivity contribution in [2.24, 2.45) is 22.7 Å². The summed E-state index contributed by atoms with van der Waals surface area (Å²) in [4.78, 5) is 0. The van der Waals surface area contributed by atoms with Crippen LogP contribution in [0, 0.1) is 22.7 Å². The van der Waals surface area contributed by atoms with Gasteiger partial charge in [0.15, 0.2) is 0 Å². The van der Waals surface area contributed by atoms with Crippen molar-refractivity contribution >= 4 is 0 Å². The Morgan fingerprint density at radius 2 is 1.91 bits per heavy atom. The minimum atomic E-state index is -0.0314. The normalized spacial score (nSPS) is 41.2. The monoisotopic (exact) mass is 314 g/mol. The first-order valence-corrected chi connectivity index (χ1v) is 9.29. The number of benzene rings is 1. The number of phenols is 1. The number of hydrogen-bond donors (Lipinski definition) is 1. The molecular formula is C21H30O2. The van der Waals surface area contributed by atoms with E-state index >= 15 is 0 Å². The predicted molar refractivity (Wildman–Crippen MR) is 92.8 cm³/mol. The van der Waals surface area contributed by atoms with Gasteiger partial charge in [0.1, 0.15) is 17.1 Å². The Kier molecular flexibility index (Phi) is 3.12. The molecule has 2 heteroatoms. The van der Waals surface area contributed by atoms with Crippen molar-refractivity contribution in [2.45, 2.75) is 71.8 Å². The Labute approximate surface area is 140 Å². The second-order valence-corrected chi connectivity index (χ2v) is 9.25. The van der Waals surface area contributed by atoms with Crippen molar-refractivity contribution in [1.29, 1.82) is 0 Å². The highest BCUT2D eigenvalue weighted by molar-refractivity contribution is 5.44. The van der Waals surface area contributed by atoms with Crippen LogP contribution < -0.4 is 4.74 Å². The molecule has 1 heterocycles. The molecule has 0 bridgehead atoms. The van der Waals surface area contributed by atoms with Crippen molar-refractivity contribution in [3.63, 3.8) is 0 Å². The van der Waals surface area contributed by atoms with Gasteiger partial charge >= 0.3 is 0 Å². The molecule has 0 radical (unpaired) electrons. The van der Waals surface area contributed by atoms with Gasteiger partial charge in [-0.15, -0.1) is 0 Å². The molecule has 3 aliphatic rings. The van der Waals surface area contributed by atoms with Crippen LogP contribution in [0.4, 0.5) is 0 Å². The van der Waals surface area contributed by atoms with E-state index in [1.54, 1.807) is 6.07 Å². The van der Waals surface area contributed by atoms with Gasteiger partial charge < -0.3 is 9.84 Å². The second kappa shape index (κ2) is 4.68. The fourth-order valence-electron chi connectivity index (χ4n) is 6.20. The molecule has 0 saturated heterocycles. The van der Waals surface area contributed by atoms with Crippen molar-refractivity contribution in [3.8, 4) is 11.5 Å². The molecule has 2 nitrogen and oxygen atoms in total. The number of ether oxygens (including phenoxy) is 1. The molecule has 1 N–H and O–H groups in total. The fraction of sp³-hybridized carbons (Fsp3) is 0.714. The largest absolute Gasteiger partial charge is 0.508 e. The van der Waals surface area contributed by atoms with E-state index in [1.165, 1.54) is 37.7 Å². The lowest BCUT2D eigenvalue weighted by molar-refractivity contribution is -0.210. The standard InChI is InChI=1S/C21H30O2/c1-14-6-9-18-19(2,3)10-5-11-21(18)20(14,4)13-15-12-16(22)7-8-17(15)23-21/h7-8,12,14,18,22H,5-6,9-11,13H2,1-4H3/t14-,18?,20+,21-/m0/s1. The molecule has 23 heavy (non-hydrogen) atoms. The summed E-state index contributed by atoms with van der Waals surface area (Å²) in [7, 11) is 0. The molecule has 2 saturated carbocycles. The minimum Gasteiger partial charge on any atom is -0.508 e. The van der Waals surface area contributed by atoms with Gasteiger partial charge in [-0.3, -0.25) is 0 Å². The van der Waals surface area contributed by atoms with Gasteiger partial charge in [-0.1, -0.05) is 27.7 Å². The molecule has 2 aliphatic carbocycles. The number of aromatic hydroxyl groups is 1. The van der Waals surface area contributed by atoms with Crippen LogP contribution in [0.25, 0.3) is 0 Å². The molecule has 0 aromatic heterocycles. The zero-order chi connectivity index (χ0) is 16.5. The number of rotatable bonds is 0. The maximum Gasteiger partial charge on any atom is 0.123 e. The highest BCUT2D eigenvalue weighted by Crippen LogP contribution is 2.65. The maximum atomic E-state index is 9.89. The van der Waals surface area contributed by atoms with Crippen molar-refractivity contribution in [1.82, 2.24) is 0 Å². The molecule has 4 rings (SSSR count). The van der Waals surface area contributed by atoms with Crippen LogP contribution in [-0.4, -0.2) is 10.7 Å². The molecule has 126 valence electrons. The van der Waals surface area contributed by atoms with Crippen LogP contribution in [0.2, 0.25) is 0 Å². The number of phenolic OH excluding ortho intramolecular Hbond substituents is 1. The van der Waals surface area contributed by atoms with E-state index in [0.717, 1.165) is 12.2 Å². The molecule has 1 aromatic rings. The minimum absolute atomic E-state index is 0.0314. The topological polar surface area (TPSA) is 29.5 Å². The molecular weight excluding hydrogens is 284 g/mol.